The Balaban J connectivity index is 1.67. The molecule has 0 aliphatic rings. The SMILES string of the molecule is CCOc1nc(NCc2ccc(F)cc2)nc2ncc(-c3cccc(Cl)c3)nc12. The van der Waals surface area contributed by atoms with Crippen molar-refractivity contribution in [1.82, 2.24) is 19.9 Å². The van der Waals surface area contributed by atoms with Gasteiger partial charge in [0.25, 0.3) is 0 Å². The minimum absolute atomic E-state index is 0.278. The second-order valence-corrected chi connectivity index (χ2v) is 6.64. The maximum Gasteiger partial charge on any atom is 0.247 e. The number of anilines is 1. The molecule has 4 aromatic rings. The lowest BCUT2D eigenvalue weighted by Gasteiger charge is -2.10. The van der Waals surface area contributed by atoms with Crippen molar-refractivity contribution >= 4 is 28.7 Å². The topological polar surface area (TPSA) is 72.8 Å². The first-order chi connectivity index (χ1) is 14.1. The first-order valence-electron chi connectivity index (χ1n) is 9.04. The maximum absolute atomic E-state index is 13.1. The zero-order valence-electron chi connectivity index (χ0n) is 15.6. The van der Waals surface area contributed by atoms with E-state index >= 15 is 0 Å². The van der Waals surface area contributed by atoms with Crippen molar-refractivity contribution < 1.29 is 9.13 Å². The molecule has 0 fully saturated rings. The van der Waals surface area contributed by atoms with Gasteiger partial charge in [-0.25, -0.2) is 14.4 Å². The van der Waals surface area contributed by atoms with Gasteiger partial charge in [0.15, 0.2) is 11.2 Å². The molecule has 146 valence electrons. The molecule has 0 unspecified atom stereocenters. The van der Waals surface area contributed by atoms with Gasteiger partial charge in [-0.2, -0.15) is 9.97 Å². The number of aromatic nitrogens is 4. The zero-order chi connectivity index (χ0) is 20.2. The van der Waals surface area contributed by atoms with E-state index in [1.807, 2.05) is 25.1 Å². The van der Waals surface area contributed by atoms with Crippen LogP contribution in [0.1, 0.15) is 12.5 Å². The maximum atomic E-state index is 13.1. The van der Waals surface area contributed by atoms with E-state index in [2.05, 4.69) is 25.3 Å². The second-order valence-electron chi connectivity index (χ2n) is 6.20. The van der Waals surface area contributed by atoms with Gasteiger partial charge in [-0.05, 0) is 36.8 Å². The Labute approximate surface area is 171 Å². The van der Waals surface area contributed by atoms with E-state index in [-0.39, 0.29) is 5.82 Å². The quantitative estimate of drug-likeness (QED) is 0.488. The summed E-state index contributed by atoms with van der Waals surface area (Å²) in [6.07, 6.45) is 1.64. The van der Waals surface area contributed by atoms with Crippen LogP contribution in [0.5, 0.6) is 5.88 Å². The van der Waals surface area contributed by atoms with Gasteiger partial charge in [0.2, 0.25) is 11.8 Å². The molecule has 2 heterocycles. The van der Waals surface area contributed by atoms with Crippen LogP contribution in [0.15, 0.2) is 54.7 Å². The van der Waals surface area contributed by atoms with Crippen molar-refractivity contribution in [2.24, 2.45) is 0 Å². The summed E-state index contributed by atoms with van der Waals surface area (Å²) in [6.45, 7) is 2.73. The van der Waals surface area contributed by atoms with Crippen LogP contribution in [0.4, 0.5) is 10.3 Å². The van der Waals surface area contributed by atoms with Crippen molar-refractivity contribution in [3.05, 3.63) is 71.1 Å². The number of halogens is 2. The highest BCUT2D eigenvalue weighted by atomic mass is 35.5. The lowest BCUT2D eigenvalue weighted by molar-refractivity contribution is 0.330. The Morgan fingerprint density at radius 3 is 2.66 bits per heavy atom. The molecule has 0 saturated heterocycles. The molecule has 2 aromatic heterocycles. The Morgan fingerprint density at radius 2 is 1.90 bits per heavy atom. The van der Waals surface area contributed by atoms with E-state index in [1.165, 1.54) is 12.1 Å². The first-order valence-corrected chi connectivity index (χ1v) is 9.42. The predicted octanol–water partition coefficient (Wildman–Crippen LogP) is 4.89. The summed E-state index contributed by atoms with van der Waals surface area (Å²) < 4.78 is 18.7. The summed E-state index contributed by atoms with van der Waals surface area (Å²) in [5, 5.41) is 3.73. The van der Waals surface area contributed by atoms with Crippen LogP contribution in [0.25, 0.3) is 22.4 Å². The van der Waals surface area contributed by atoms with Crippen LogP contribution in [0.2, 0.25) is 5.02 Å². The normalized spacial score (nSPS) is 10.9. The van der Waals surface area contributed by atoms with Gasteiger partial charge in [0, 0.05) is 17.1 Å². The van der Waals surface area contributed by atoms with Gasteiger partial charge in [-0.1, -0.05) is 35.9 Å². The lowest BCUT2D eigenvalue weighted by atomic mass is 10.1. The van der Waals surface area contributed by atoms with Gasteiger partial charge >= 0.3 is 0 Å². The van der Waals surface area contributed by atoms with E-state index in [1.54, 1.807) is 24.4 Å². The van der Waals surface area contributed by atoms with Crippen molar-refractivity contribution in [3.8, 4) is 17.1 Å². The molecule has 0 aliphatic heterocycles. The molecule has 0 saturated carbocycles. The first kappa shape index (κ1) is 19.0. The number of hydrogen-bond acceptors (Lipinski definition) is 6. The zero-order valence-corrected chi connectivity index (χ0v) is 16.3. The molecule has 4 rings (SSSR count). The number of nitrogens with one attached hydrogen (secondary N) is 1. The van der Waals surface area contributed by atoms with Gasteiger partial charge in [-0.15, -0.1) is 0 Å². The molecule has 8 heteroatoms. The number of nitrogens with zero attached hydrogens (tertiary/aromatic N) is 4. The van der Waals surface area contributed by atoms with Gasteiger partial charge in [-0.3, -0.25) is 0 Å². The van der Waals surface area contributed by atoms with E-state index in [0.29, 0.717) is 46.9 Å². The molecule has 29 heavy (non-hydrogen) atoms. The smallest absolute Gasteiger partial charge is 0.247 e. The van der Waals surface area contributed by atoms with Crippen LogP contribution in [-0.4, -0.2) is 26.5 Å². The fraction of sp³-hybridized carbons (Fsp3) is 0.143. The molecule has 0 amide bonds. The van der Waals surface area contributed by atoms with E-state index < -0.39 is 0 Å². The minimum Gasteiger partial charge on any atom is -0.476 e. The van der Waals surface area contributed by atoms with Crippen LogP contribution in [0, 0.1) is 5.82 Å². The predicted molar refractivity (Wildman–Crippen MR) is 110 cm³/mol. The second kappa shape index (κ2) is 8.36. The van der Waals surface area contributed by atoms with Crippen molar-refractivity contribution in [1.29, 1.82) is 0 Å². The van der Waals surface area contributed by atoms with E-state index in [4.69, 9.17) is 16.3 Å². The van der Waals surface area contributed by atoms with Gasteiger partial charge in [0.1, 0.15) is 5.82 Å². The lowest BCUT2D eigenvalue weighted by Crippen LogP contribution is -2.07. The third-order valence-electron chi connectivity index (χ3n) is 4.14. The molecule has 0 atom stereocenters. The highest BCUT2D eigenvalue weighted by molar-refractivity contribution is 6.30. The van der Waals surface area contributed by atoms with E-state index in [9.17, 15) is 4.39 Å². The molecule has 0 bridgehead atoms. The number of rotatable bonds is 6. The monoisotopic (exact) mass is 409 g/mol. The number of fused-ring (bicyclic) bond motifs is 1. The van der Waals surface area contributed by atoms with Crippen LogP contribution in [-0.2, 0) is 6.54 Å². The fourth-order valence-electron chi connectivity index (χ4n) is 2.77. The average molecular weight is 410 g/mol. The summed E-state index contributed by atoms with van der Waals surface area (Å²) in [4.78, 5) is 17.9. The Morgan fingerprint density at radius 1 is 1.07 bits per heavy atom. The fourth-order valence-corrected chi connectivity index (χ4v) is 2.96. The highest BCUT2D eigenvalue weighted by Crippen LogP contribution is 2.26. The third kappa shape index (κ3) is 4.41. The number of benzene rings is 2. The summed E-state index contributed by atoms with van der Waals surface area (Å²) >= 11 is 6.08. The minimum atomic E-state index is -0.278. The summed E-state index contributed by atoms with van der Waals surface area (Å²) in [7, 11) is 0. The molecule has 0 spiro atoms. The molecule has 2 aromatic carbocycles. The summed E-state index contributed by atoms with van der Waals surface area (Å²) in [5.41, 5.74) is 3.27. The standard InChI is InChI=1S/C21H17ClFN5O/c1-2-29-20-18-19(24-12-17(26-18)14-4-3-5-15(22)10-14)27-21(28-20)25-11-13-6-8-16(23)9-7-13/h3-10,12H,2,11H2,1H3,(H,24,25,27,28). The van der Waals surface area contributed by atoms with Gasteiger partial charge in [0.05, 0.1) is 18.5 Å². The van der Waals surface area contributed by atoms with Crippen LogP contribution >= 0.6 is 11.6 Å². The average Bonchev–Trinajstić information content (AvgIpc) is 2.73. The van der Waals surface area contributed by atoms with Crippen LogP contribution in [0.3, 0.4) is 0 Å². The molecule has 1 N–H and O–H groups in total. The summed E-state index contributed by atoms with van der Waals surface area (Å²) in [5.74, 6) is 0.422. The third-order valence-corrected chi connectivity index (χ3v) is 4.38. The van der Waals surface area contributed by atoms with Gasteiger partial charge < -0.3 is 10.1 Å². The Bertz CT molecular complexity index is 1150. The molecule has 6 nitrogen and oxygen atoms in total. The molecular formula is C21H17ClFN5O. The van der Waals surface area contributed by atoms with Crippen LogP contribution < -0.4 is 10.1 Å². The van der Waals surface area contributed by atoms with Crippen molar-refractivity contribution in [3.63, 3.8) is 0 Å². The largest absolute Gasteiger partial charge is 0.476 e. The Hall–Kier alpha value is -3.32. The van der Waals surface area contributed by atoms with Crippen molar-refractivity contribution in [2.75, 3.05) is 11.9 Å². The Kier molecular flexibility index (Phi) is 5.48. The molecule has 0 radical (unpaired) electrons. The number of hydrogen-bond donors (Lipinski definition) is 1. The highest BCUT2D eigenvalue weighted by Gasteiger charge is 2.13. The van der Waals surface area contributed by atoms with E-state index in [0.717, 1.165) is 11.1 Å². The summed E-state index contributed by atoms with van der Waals surface area (Å²) in [6, 6.07) is 13.6. The van der Waals surface area contributed by atoms with Crippen molar-refractivity contribution in [2.45, 2.75) is 13.5 Å². The number of ether oxygens (including phenoxy) is 1. The molecule has 0 aliphatic carbocycles. The molecular weight excluding hydrogens is 393 g/mol.